The van der Waals surface area contributed by atoms with Crippen molar-refractivity contribution in [3.8, 4) is 0 Å². The van der Waals surface area contributed by atoms with E-state index >= 15 is 0 Å². The highest BCUT2D eigenvalue weighted by Crippen LogP contribution is 2.32. The Morgan fingerprint density at radius 3 is 2.61 bits per heavy atom. The molecule has 33 heavy (non-hydrogen) atoms. The second-order valence-electron chi connectivity index (χ2n) is 8.17. The van der Waals surface area contributed by atoms with Crippen LogP contribution in [0.1, 0.15) is 47.8 Å². The minimum absolute atomic E-state index is 0.126. The van der Waals surface area contributed by atoms with Crippen molar-refractivity contribution in [2.45, 2.75) is 39.0 Å². The quantitative estimate of drug-likeness (QED) is 0.336. The number of aromatic nitrogens is 2. The van der Waals surface area contributed by atoms with Gasteiger partial charge in [-0.3, -0.25) is 14.2 Å². The van der Waals surface area contributed by atoms with Gasteiger partial charge in [-0.1, -0.05) is 32.1 Å². The lowest BCUT2D eigenvalue weighted by atomic mass is 9.95. The van der Waals surface area contributed by atoms with Crippen LogP contribution < -0.4 is 10.9 Å². The monoisotopic (exact) mass is 475 g/mol. The van der Waals surface area contributed by atoms with Gasteiger partial charge < -0.3 is 10.3 Å². The minimum atomic E-state index is -4.48. The third-order valence-corrected chi connectivity index (χ3v) is 5.51. The maximum atomic E-state index is 13.2. The first-order valence-electron chi connectivity index (χ1n) is 10.4. The van der Waals surface area contributed by atoms with Crippen LogP contribution in [0.5, 0.6) is 0 Å². The van der Waals surface area contributed by atoms with Crippen LogP contribution in [-0.2, 0) is 12.7 Å². The molecule has 174 valence electrons. The van der Waals surface area contributed by atoms with E-state index in [4.69, 9.17) is 12.2 Å². The van der Waals surface area contributed by atoms with Crippen LogP contribution in [0.3, 0.4) is 0 Å². The third kappa shape index (κ3) is 5.60. The minimum Gasteiger partial charge on any atom is -0.345 e. The van der Waals surface area contributed by atoms with Gasteiger partial charge in [0.1, 0.15) is 0 Å². The number of fused-ring (bicyclic) bond motifs is 1. The number of carbonyl (C=O) groups is 1. The van der Waals surface area contributed by atoms with Crippen LogP contribution in [0.25, 0.3) is 10.9 Å². The van der Waals surface area contributed by atoms with Crippen molar-refractivity contribution in [3.63, 3.8) is 0 Å². The van der Waals surface area contributed by atoms with E-state index in [1.807, 2.05) is 13.8 Å². The van der Waals surface area contributed by atoms with Crippen LogP contribution >= 0.6 is 12.2 Å². The van der Waals surface area contributed by atoms with Crippen LogP contribution in [0.4, 0.5) is 13.2 Å². The van der Waals surface area contributed by atoms with E-state index < -0.39 is 23.7 Å². The number of amides is 1. The number of alkyl halides is 3. The Morgan fingerprint density at radius 1 is 1.24 bits per heavy atom. The zero-order valence-electron chi connectivity index (χ0n) is 18.2. The van der Waals surface area contributed by atoms with Crippen molar-refractivity contribution >= 4 is 29.0 Å². The van der Waals surface area contributed by atoms with Gasteiger partial charge in [0.2, 0.25) is 0 Å². The molecule has 0 bridgehead atoms. The first-order chi connectivity index (χ1) is 15.5. The molecule has 0 spiro atoms. The van der Waals surface area contributed by atoms with E-state index in [9.17, 15) is 22.8 Å². The number of carbonyl (C=O) groups excluding carboxylic acids is 1. The Balaban J connectivity index is 1.95. The second kappa shape index (κ2) is 9.74. The van der Waals surface area contributed by atoms with Crippen molar-refractivity contribution in [2.24, 2.45) is 5.92 Å². The molecule has 3 aromatic rings. The van der Waals surface area contributed by atoms with Gasteiger partial charge in [0.15, 0.2) is 4.77 Å². The Hall–Kier alpha value is -3.20. The first-order valence-corrected chi connectivity index (χ1v) is 10.8. The van der Waals surface area contributed by atoms with Gasteiger partial charge in [0.25, 0.3) is 11.5 Å². The topological polar surface area (TPSA) is 66.9 Å². The van der Waals surface area contributed by atoms with Gasteiger partial charge >= 0.3 is 6.18 Å². The predicted octanol–water partition coefficient (Wildman–Crippen LogP) is 5.78. The Morgan fingerprint density at radius 2 is 1.97 bits per heavy atom. The number of rotatable bonds is 7. The second-order valence-corrected chi connectivity index (χ2v) is 8.56. The molecule has 0 aliphatic rings. The summed E-state index contributed by atoms with van der Waals surface area (Å²) < 4.78 is 41.1. The van der Waals surface area contributed by atoms with Gasteiger partial charge in [-0.05, 0) is 60.5 Å². The molecule has 0 radical (unpaired) electrons. The smallest absolute Gasteiger partial charge is 0.345 e. The molecule has 9 heteroatoms. The number of nitrogens with zero attached hydrogens (tertiary/aromatic N) is 1. The Kier molecular flexibility index (Phi) is 7.22. The standard InChI is InChI=1S/C24H24F3N3O2S/c1-4-10-30-22(32)18-9-8-16(13-20(18)29-23(30)33)21(31)28-19(11-14(2)3)15-6-5-7-17(12-15)24(25,26)27/h4-9,12-14,19H,1,10-11H2,2-3H3,(H,28,31)(H,29,33). The first kappa shape index (κ1) is 24.4. The Bertz CT molecular complexity index is 1310. The van der Waals surface area contributed by atoms with E-state index in [1.165, 1.54) is 28.8 Å². The lowest BCUT2D eigenvalue weighted by molar-refractivity contribution is -0.137. The van der Waals surface area contributed by atoms with Crippen molar-refractivity contribution in [1.82, 2.24) is 14.9 Å². The van der Waals surface area contributed by atoms with Crippen molar-refractivity contribution in [2.75, 3.05) is 0 Å². The lowest BCUT2D eigenvalue weighted by Crippen LogP contribution is -2.30. The summed E-state index contributed by atoms with van der Waals surface area (Å²) in [5, 5.41) is 3.20. The van der Waals surface area contributed by atoms with E-state index in [-0.39, 0.29) is 28.4 Å². The molecule has 0 aliphatic carbocycles. The highest BCUT2D eigenvalue weighted by Gasteiger charge is 2.31. The maximum absolute atomic E-state index is 13.2. The number of aromatic amines is 1. The van der Waals surface area contributed by atoms with Crippen molar-refractivity contribution in [1.29, 1.82) is 0 Å². The lowest BCUT2D eigenvalue weighted by Gasteiger charge is -2.22. The van der Waals surface area contributed by atoms with E-state index in [0.717, 1.165) is 12.1 Å². The summed E-state index contributed by atoms with van der Waals surface area (Å²) in [7, 11) is 0. The van der Waals surface area contributed by atoms with Gasteiger partial charge in [0.05, 0.1) is 22.5 Å². The fourth-order valence-corrected chi connectivity index (χ4v) is 3.88. The molecule has 0 aliphatic heterocycles. The number of hydrogen-bond donors (Lipinski definition) is 2. The number of nitrogens with one attached hydrogen (secondary N) is 2. The largest absolute Gasteiger partial charge is 0.416 e. The average Bonchev–Trinajstić information content (AvgIpc) is 2.75. The zero-order valence-corrected chi connectivity index (χ0v) is 19.0. The summed E-state index contributed by atoms with van der Waals surface area (Å²) in [5.41, 5.74) is -0.0362. The molecule has 2 N–H and O–H groups in total. The summed E-state index contributed by atoms with van der Waals surface area (Å²) in [4.78, 5) is 28.6. The molecular formula is C24H24F3N3O2S. The summed E-state index contributed by atoms with van der Waals surface area (Å²) in [6.45, 7) is 7.72. The maximum Gasteiger partial charge on any atom is 0.416 e. The van der Waals surface area contributed by atoms with Crippen LogP contribution in [-0.4, -0.2) is 15.5 Å². The summed E-state index contributed by atoms with van der Waals surface area (Å²) in [6, 6.07) is 8.90. The van der Waals surface area contributed by atoms with E-state index in [1.54, 1.807) is 12.1 Å². The molecule has 1 heterocycles. The number of hydrogen-bond acceptors (Lipinski definition) is 3. The van der Waals surface area contributed by atoms with E-state index in [2.05, 4.69) is 16.9 Å². The fraction of sp³-hybridized carbons (Fsp3) is 0.292. The van der Waals surface area contributed by atoms with Crippen molar-refractivity contribution < 1.29 is 18.0 Å². The van der Waals surface area contributed by atoms with Gasteiger partial charge in [-0.25, -0.2) is 0 Å². The van der Waals surface area contributed by atoms with Gasteiger partial charge in [-0.2, -0.15) is 13.2 Å². The predicted molar refractivity (Wildman–Crippen MR) is 125 cm³/mol. The average molecular weight is 476 g/mol. The van der Waals surface area contributed by atoms with Crippen molar-refractivity contribution in [3.05, 3.63) is 86.9 Å². The molecule has 2 aromatic carbocycles. The van der Waals surface area contributed by atoms with E-state index in [0.29, 0.717) is 22.9 Å². The summed E-state index contributed by atoms with van der Waals surface area (Å²) >= 11 is 5.23. The number of allylic oxidation sites excluding steroid dienone is 1. The van der Waals surface area contributed by atoms with Crippen LogP contribution in [0.15, 0.2) is 59.9 Å². The molecule has 1 unspecified atom stereocenters. The number of halogens is 3. The Labute approximate surface area is 194 Å². The third-order valence-electron chi connectivity index (χ3n) is 5.18. The molecule has 1 amide bonds. The summed E-state index contributed by atoms with van der Waals surface area (Å²) in [6.07, 6.45) is -2.46. The molecule has 0 saturated heterocycles. The number of benzene rings is 2. The molecule has 1 aromatic heterocycles. The summed E-state index contributed by atoms with van der Waals surface area (Å²) in [5.74, 6) is -0.338. The molecule has 3 rings (SSSR count). The highest BCUT2D eigenvalue weighted by molar-refractivity contribution is 7.71. The normalized spacial score (nSPS) is 12.7. The highest BCUT2D eigenvalue weighted by atomic mass is 32.1. The SMILES string of the molecule is C=CCn1c(=S)[nH]c2cc(C(=O)NC(CC(C)C)c3cccc(C(F)(F)F)c3)ccc2c1=O. The molecule has 5 nitrogen and oxygen atoms in total. The van der Waals surface area contributed by atoms with Gasteiger partial charge in [0, 0.05) is 12.1 Å². The van der Waals surface area contributed by atoms with Crippen LogP contribution in [0.2, 0.25) is 0 Å². The molecular weight excluding hydrogens is 451 g/mol. The fourth-order valence-electron chi connectivity index (χ4n) is 3.61. The molecule has 0 saturated carbocycles. The van der Waals surface area contributed by atoms with Gasteiger partial charge in [-0.15, -0.1) is 6.58 Å². The molecule has 1 atom stereocenters. The van der Waals surface area contributed by atoms with Crippen LogP contribution in [0, 0.1) is 10.7 Å². The zero-order chi connectivity index (χ0) is 24.3. The molecule has 0 fully saturated rings. The number of H-pyrrole nitrogens is 1.